The second-order valence-electron chi connectivity index (χ2n) is 5.06. The van der Waals surface area contributed by atoms with Gasteiger partial charge in [-0.2, -0.15) is 0 Å². The number of nitrogens with one attached hydrogen (secondary N) is 2. The van der Waals surface area contributed by atoms with Gasteiger partial charge in [-0.1, -0.05) is 23.4 Å². The summed E-state index contributed by atoms with van der Waals surface area (Å²) >= 11 is 1.61. The van der Waals surface area contributed by atoms with Crippen LogP contribution in [-0.4, -0.2) is 17.0 Å². The van der Waals surface area contributed by atoms with Gasteiger partial charge >= 0.3 is 0 Å². The van der Waals surface area contributed by atoms with E-state index in [0.717, 1.165) is 10.4 Å². The number of nitrogens with zero attached hydrogens (tertiary/aromatic N) is 1. The molecule has 6 nitrogen and oxygen atoms in total. The zero-order valence-corrected chi connectivity index (χ0v) is 13.5. The highest BCUT2D eigenvalue weighted by molar-refractivity contribution is 7.09. The molecule has 2 amide bonds. The van der Waals surface area contributed by atoms with E-state index in [4.69, 9.17) is 4.52 Å². The lowest BCUT2D eigenvalue weighted by atomic mass is 10.1. The van der Waals surface area contributed by atoms with Crippen molar-refractivity contribution in [2.75, 3.05) is 5.32 Å². The number of aromatic nitrogens is 1. The molecule has 0 unspecified atom stereocenters. The van der Waals surface area contributed by atoms with Crippen molar-refractivity contribution >= 4 is 28.8 Å². The number of benzene rings is 1. The van der Waals surface area contributed by atoms with Gasteiger partial charge in [0.05, 0.1) is 19.2 Å². The van der Waals surface area contributed by atoms with E-state index < -0.39 is 0 Å². The maximum Gasteiger partial charge on any atom is 0.294 e. The van der Waals surface area contributed by atoms with Crippen LogP contribution in [-0.2, 0) is 17.8 Å². The summed E-state index contributed by atoms with van der Waals surface area (Å²) in [6, 6.07) is 12.5. The van der Waals surface area contributed by atoms with Crippen LogP contribution >= 0.6 is 11.3 Å². The molecule has 122 valence electrons. The Kier molecular flexibility index (Phi) is 5.02. The molecule has 2 N–H and O–H groups in total. The second kappa shape index (κ2) is 7.56. The fraction of sp³-hybridized carbons (Fsp3) is 0.118. The molecular formula is C17H15N3O3S. The average molecular weight is 341 g/mol. The van der Waals surface area contributed by atoms with Crippen molar-refractivity contribution in [2.45, 2.75) is 13.0 Å². The van der Waals surface area contributed by atoms with Crippen molar-refractivity contribution in [1.29, 1.82) is 0 Å². The number of amides is 2. The van der Waals surface area contributed by atoms with Gasteiger partial charge in [-0.3, -0.25) is 9.59 Å². The first-order chi connectivity index (χ1) is 11.7. The Labute approximate surface area is 142 Å². The van der Waals surface area contributed by atoms with E-state index in [1.165, 1.54) is 12.3 Å². The van der Waals surface area contributed by atoms with Gasteiger partial charge in [-0.25, -0.2) is 0 Å². The van der Waals surface area contributed by atoms with Crippen molar-refractivity contribution in [3.8, 4) is 0 Å². The van der Waals surface area contributed by atoms with E-state index in [0.29, 0.717) is 18.7 Å². The highest BCUT2D eigenvalue weighted by Crippen LogP contribution is 2.12. The van der Waals surface area contributed by atoms with E-state index in [1.54, 1.807) is 35.6 Å². The number of carbonyl (C=O) groups excluding carboxylic acids is 2. The maximum atomic E-state index is 11.9. The van der Waals surface area contributed by atoms with E-state index >= 15 is 0 Å². The first-order valence-corrected chi connectivity index (χ1v) is 8.19. The molecule has 1 aromatic carbocycles. The molecular weight excluding hydrogens is 326 g/mol. The van der Waals surface area contributed by atoms with Crippen molar-refractivity contribution < 1.29 is 14.1 Å². The number of anilines is 1. The van der Waals surface area contributed by atoms with Crippen LogP contribution in [0.4, 0.5) is 5.69 Å². The summed E-state index contributed by atoms with van der Waals surface area (Å²) in [5, 5.41) is 11.0. The summed E-state index contributed by atoms with van der Waals surface area (Å²) in [4.78, 5) is 24.9. The summed E-state index contributed by atoms with van der Waals surface area (Å²) in [7, 11) is 0. The summed E-state index contributed by atoms with van der Waals surface area (Å²) in [6.45, 7) is 0.543. The third-order valence-electron chi connectivity index (χ3n) is 3.28. The molecule has 0 aliphatic rings. The molecule has 2 heterocycles. The number of rotatable bonds is 6. The second-order valence-corrected chi connectivity index (χ2v) is 6.09. The molecule has 0 aliphatic heterocycles. The van der Waals surface area contributed by atoms with E-state index in [-0.39, 0.29) is 17.6 Å². The molecule has 0 saturated carbocycles. The lowest BCUT2D eigenvalue weighted by Gasteiger charge is -2.06. The highest BCUT2D eigenvalue weighted by Gasteiger charge is 2.10. The van der Waals surface area contributed by atoms with Gasteiger partial charge < -0.3 is 15.2 Å². The Morgan fingerprint density at radius 3 is 2.62 bits per heavy atom. The first-order valence-electron chi connectivity index (χ1n) is 7.31. The smallest absolute Gasteiger partial charge is 0.294 e. The summed E-state index contributed by atoms with van der Waals surface area (Å²) < 4.78 is 4.79. The van der Waals surface area contributed by atoms with Gasteiger partial charge in [-0.15, -0.1) is 11.3 Å². The van der Waals surface area contributed by atoms with Crippen LogP contribution in [0.5, 0.6) is 0 Å². The quantitative estimate of drug-likeness (QED) is 0.722. The fourth-order valence-electron chi connectivity index (χ4n) is 2.08. The monoisotopic (exact) mass is 341 g/mol. The molecule has 0 spiro atoms. The van der Waals surface area contributed by atoms with Crippen molar-refractivity contribution in [2.24, 2.45) is 0 Å². The zero-order valence-electron chi connectivity index (χ0n) is 12.7. The van der Waals surface area contributed by atoms with Gasteiger partial charge in [0, 0.05) is 16.6 Å². The predicted octanol–water partition coefficient (Wildman–Crippen LogP) is 2.85. The summed E-state index contributed by atoms with van der Waals surface area (Å²) in [5.74, 6) is -0.261. The lowest BCUT2D eigenvalue weighted by Crippen LogP contribution is -2.24. The molecule has 0 aliphatic carbocycles. The van der Waals surface area contributed by atoms with Crippen LogP contribution in [0.2, 0.25) is 0 Å². The van der Waals surface area contributed by atoms with Crippen LogP contribution in [0.15, 0.2) is 58.6 Å². The molecule has 0 radical (unpaired) electrons. The van der Waals surface area contributed by atoms with Gasteiger partial charge in [0.2, 0.25) is 11.7 Å². The highest BCUT2D eigenvalue weighted by atomic mass is 32.1. The van der Waals surface area contributed by atoms with Crippen molar-refractivity contribution in [1.82, 2.24) is 10.5 Å². The standard InChI is InChI=1S/C17H15N3O3S/c21-16(18-11-14-2-1-9-24-14)10-12-3-5-13(6-4-12)20-17(22)15-7-8-19-23-15/h1-9H,10-11H2,(H,18,21)(H,20,22). The van der Waals surface area contributed by atoms with Gasteiger partial charge in [-0.05, 0) is 29.1 Å². The Morgan fingerprint density at radius 2 is 1.96 bits per heavy atom. The molecule has 7 heteroatoms. The van der Waals surface area contributed by atoms with Gasteiger partial charge in [0.25, 0.3) is 5.91 Å². The van der Waals surface area contributed by atoms with E-state index in [9.17, 15) is 9.59 Å². The minimum atomic E-state index is -0.367. The molecule has 0 bridgehead atoms. The third-order valence-corrected chi connectivity index (χ3v) is 4.15. The minimum absolute atomic E-state index is 0.0400. The normalized spacial score (nSPS) is 10.3. The molecule has 3 aromatic rings. The lowest BCUT2D eigenvalue weighted by molar-refractivity contribution is -0.120. The number of hydrogen-bond donors (Lipinski definition) is 2. The minimum Gasteiger partial charge on any atom is -0.351 e. The van der Waals surface area contributed by atoms with Crippen LogP contribution < -0.4 is 10.6 Å². The molecule has 0 fully saturated rings. The Morgan fingerprint density at radius 1 is 1.12 bits per heavy atom. The average Bonchev–Trinajstić information content (AvgIpc) is 3.28. The molecule has 2 aromatic heterocycles. The summed E-state index contributed by atoms with van der Waals surface area (Å²) in [6.07, 6.45) is 1.70. The van der Waals surface area contributed by atoms with Crippen LogP contribution in [0, 0.1) is 0 Å². The Balaban J connectivity index is 1.50. The Hall–Kier alpha value is -2.93. The molecule has 24 heavy (non-hydrogen) atoms. The SMILES string of the molecule is O=C(Cc1ccc(NC(=O)c2ccno2)cc1)NCc1cccs1. The number of hydrogen-bond acceptors (Lipinski definition) is 5. The van der Waals surface area contributed by atoms with Gasteiger partial charge in [0.15, 0.2) is 0 Å². The largest absolute Gasteiger partial charge is 0.351 e. The predicted molar refractivity (Wildman–Crippen MR) is 90.8 cm³/mol. The van der Waals surface area contributed by atoms with Crippen LogP contribution in [0.1, 0.15) is 21.0 Å². The first kappa shape index (κ1) is 15.9. The molecule has 0 saturated heterocycles. The number of carbonyl (C=O) groups is 2. The Bertz CT molecular complexity index is 796. The van der Waals surface area contributed by atoms with Crippen LogP contribution in [0.3, 0.4) is 0 Å². The summed E-state index contributed by atoms with van der Waals surface area (Å²) in [5.41, 5.74) is 1.50. The number of thiophene rings is 1. The van der Waals surface area contributed by atoms with E-state index in [1.807, 2.05) is 17.5 Å². The molecule has 0 atom stereocenters. The topological polar surface area (TPSA) is 84.2 Å². The third kappa shape index (κ3) is 4.30. The van der Waals surface area contributed by atoms with Gasteiger partial charge in [0.1, 0.15) is 0 Å². The van der Waals surface area contributed by atoms with Crippen molar-refractivity contribution in [3.63, 3.8) is 0 Å². The van der Waals surface area contributed by atoms with Crippen LogP contribution in [0.25, 0.3) is 0 Å². The zero-order chi connectivity index (χ0) is 16.8. The van der Waals surface area contributed by atoms with E-state index in [2.05, 4.69) is 15.8 Å². The fourth-order valence-corrected chi connectivity index (χ4v) is 2.72. The van der Waals surface area contributed by atoms with Crippen molar-refractivity contribution in [3.05, 3.63) is 70.2 Å². The maximum absolute atomic E-state index is 11.9. The molecule has 3 rings (SSSR count).